The topological polar surface area (TPSA) is 50.8 Å². The van der Waals surface area contributed by atoms with Crippen LogP contribution in [0.2, 0.25) is 0 Å². The molecule has 0 atom stereocenters. The summed E-state index contributed by atoms with van der Waals surface area (Å²) in [5.74, 6) is 1.65. The van der Waals surface area contributed by atoms with Gasteiger partial charge in [-0.1, -0.05) is 12.1 Å². The molecule has 0 spiro atoms. The van der Waals surface area contributed by atoms with Gasteiger partial charge in [0.1, 0.15) is 5.75 Å². The first-order valence-corrected chi connectivity index (χ1v) is 7.87. The Morgan fingerprint density at radius 1 is 1.18 bits per heavy atom. The third-order valence-electron chi connectivity index (χ3n) is 4.20. The molecule has 4 nitrogen and oxygen atoms in total. The van der Waals surface area contributed by atoms with E-state index in [1.54, 1.807) is 0 Å². The van der Waals surface area contributed by atoms with Crippen molar-refractivity contribution in [1.29, 1.82) is 0 Å². The molecular formula is C18H19N3O. The molecule has 0 saturated heterocycles. The normalized spacial score (nSPS) is 15.5. The SMILES string of the molecule is Cc1cc2nc(-c3cccc(OC4CCCC4)c3)ncc2[nH]1. The molecule has 1 aromatic carbocycles. The van der Waals surface area contributed by atoms with E-state index in [9.17, 15) is 0 Å². The number of rotatable bonds is 3. The van der Waals surface area contributed by atoms with Gasteiger partial charge < -0.3 is 9.72 Å². The highest BCUT2D eigenvalue weighted by atomic mass is 16.5. The van der Waals surface area contributed by atoms with Crippen LogP contribution in [0, 0.1) is 6.92 Å². The summed E-state index contributed by atoms with van der Waals surface area (Å²) >= 11 is 0. The highest BCUT2D eigenvalue weighted by molar-refractivity contribution is 5.77. The lowest BCUT2D eigenvalue weighted by Gasteiger charge is -2.13. The quantitative estimate of drug-likeness (QED) is 0.785. The van der Waals surface area contributed by atoms with Gasteiger partial charge in [-0.15, -0.1) is 0 Å². The lowest BCUT2D eigenvalue weighted by molar-refractivity contribution is 0.210. The number of hydrogen-bond acceptors (Lipinski definition) is 3. The van der Waals surface area contributed by atoms with Crippen LogP contribution in [-0.4, -0.2) is 21.1 Å². The van der Waals surface area contributed by atoms with E-state index in [-0.39, 0.29) is 0 Å². The molecule has 2 aromatic heterocycles. The number of nitrogens with one attached hydrogen (secondary N) is 1. The molecular weight excluding hydrogens is 274 g/mol. The molecule has 4 rings (SSSR count). The summed E-state index contributed by atoms with van der Waals surface area (Å²) in [5, 5.41) is 0. The lowest BCUT2D eigenvalue weighted by Crippen LogP contribution is -2.10. The molecule has 4 heteroatoms. The minimum atomic E-state index is 0.367. The van der Waals surface area contributed by atoms with Gasteiger partial charge in [0.05, 0.1) is 23.3 Å². The van der Waals surface area contributed by atoms with Crippen LogP contribution in [0.15, 0.2) is 36.5 Å². The molecule has 1 N–H and O–H groups in total. The van der Waals surface area contributed by atoms with Gasteiger partial charge in [0.15, 0.2) is 5.82 Å². The number of aromatic amines is 1. The van der Waals surface area contributed by atoms with Crippen molar-refractivity contribution in [3.05, 3.63) is 42.2 Å². The maximum absolute atomic E-state index is 6.07. The molecule has 0 bridgehead atoms. The van der Waals surface area contributed by atoms with Crippen molar-refractivity contribution in [3.8, 4) is 17.1 Å². The second kappa shape index (κ2) is 5.44. The van der Waals surface area contributed by atoms with Gasteiger partial charge in [-0.2, -0.15) is 0 Å². The number of aromatic nitrogens is 3. The summed E-state index contributed by atoms with van der Waals surface area (Å²) in [7, 11) is 0. The zero-order valence-corrected chi connectivity index (χ0v) is 12.7. The van der Waals surface area contributed by atoms with E-state index in [2.05, 4.69) is 15.0 Å². The summed E-state index contributed by atoms with van der Waals surface area (Å²) in [5.41, 5.74) is 4.01. The Morgan fingerprint density at radius 3 is 2.91 bits per heavy atom. The number of fused-ring (bicyclic) bond motifs is 1. The Hall–Kier alpha value is -2.36. The summed E-state index contributed by atoms with van der Waals surface area (Å²) in [4.78, 5) is 12.4. The smallest absolute Gasteiger partial charge is 0.160 e. The van der Waals surface area contributed by atoms with Gasteiger partial charge in [0, 0.05) is 11.3 Å². The fourth-order valence-corrected chi connectivity index (χ4v) is 3.10. The first-order valence-electron chi connectivity index (χ1n) is 7.87. The summed E-state index contributed by atoms with van der Waals surface area (Å²) in [6.45, 7) is 2.03. The van der Waals surface area contributed by atoms with Crippen LogP contribution in [-0.2, 0) is 0 Å². The van der Waals surface area contributed by atoms with Crippen LogP contribution < -0.4 is 4.74 Å². The van der Waals surface area contributed by atoms with Crippen molar-refractivity contribution in [1.82, 2.24) is 15.0 Å². The van der Waals surface area contributed by atoms with Crippen LogP contribution in [0.4, 0.5) is 0 Å². The highest BCUT2D eigenvalue weighted by Crippen LogP contribution is 2.27. The monoisotopic (exact) mass is 293 g/mol. The van der Waals surface area contributed by atoms with Gasteiger partial charge in [-0.3, -0.25) is 0 Å². The molecule has 1 saturated carbocycles. The number of hydrogen-bond donors (Lipinski definition) is 1. The van der Waals surface area contributed by atoms with E-state index in [1.165, 1.54) is 12.8 Å². The van der Waals surface area contributed by atoms with Gasteiger partial charge in [-0.25, -0.2) is 9.97 Å². The minimum absolute atomic E-state index is 0.367. The van der Waals surface area contributed by atoms with Crippen molar-refractivity contribution in [2.75, 3.05) is 0 Å². The van der Waals surface area contributed by atoms with E-state index in [0.29, 0.717) is 6.10 Å². The molecule has 0 amide bonds. The third kappa shape index (κ3) is 2.56. The maximum Gasteiger partial charge on any atom is 0.160 e. The number of aryl methyl sites for hydroxylation is 1. The van der Waals surface area contributed by atoms with Crippen molar-refractivity contribution >= 4 is 11.0 Å². The van der Waals surface area contributed by atoms with Crippen LogP contribution in [0.1, 0.15) is 31.4 Å². The fraction of sp³-hybridized carbons (Fsp3) is 0.333. The zero-order valence-electron chi connectivity index (χ0n) is 12.7. The molecule has 112 valence electrons. The third-order valence-corrected chi connectivity index (χ3v) is 4.20. The standard InChI is InChI=1S/C18H19N3O/c1-12-9-16-17(20-12)11-19-18(21-16)13-5-4-8-15(10-13)22-14-6-2-3-7-14/h4-5,8-11,14,20H,2-3,6-7H2,1H3. The Bertz CT molecular complexity index is 803. The predicted octanol–water partition coefficient (Wildman–Crippen LogP) is 4.25. The Kier molecular flexibility index (Phi) is 3.29. The lowest BCUT2D eigenvalue weighted by atomic mass is 10.2. The zero-order chi connectivity index (χ0) is 14.9. The molecule has 2 heterocycles. The van der Waals surface area contributed by atoms with Gasteiger partial charge >= 0.3 is 0 Å². The second-order valence-corrected chi connectivity index (χ2v) is 6.00. The molecule has 1 aliphatic rings. The van der Waals surface area contributed by atoms with Crippen LogP contribution in [0.5, 0.6) is 5.75 Å². The van der Waals surface area contributed by atoms with Crippen LogP contribution in [0.25, 0.3) is 22.4 Å². The van der Waals surface area contributed by atoms with Crippen molar-refractivity contribution in [3.63, 3.8) is 0 Å². The predicted molar refractivity (Wildman–Crippen MR) is 86.9 cm³/mol. The van der Waals surface area contributed by atoms with E-state index >= 15 is 0 Å². The Balaban J connectivity index is 1.65. The van der Waals surface area contributed by atoms with E-state index < -0.39 is 0 Å². The van der Waals surface area contributed by atoms with Crippen molar-refractivity contribution in [2.45, 2.75) is 38.7 Å². The average molecular weight is 293 g/mol. The fourth-order valence-electron chi connectivity index (χ4n) is 3.10. The summed E-state index contributed by atoms with van der Waals surface area (Å²) < 4.78 is 6.07. The summed E-state index contributed by atoms with van der Waals surface area (Å²) in [6, 6.07) is 10.1. The molecule has 0 unspecified atom stereocenters. The minimum Gasteiger partial charge on any atom is -0.490 e. The van der Waals surface area contributed by atoms with Gasteiger partial charge in [0.2, 0.25) is 0 Å². The van der Waals surface area contributed by atoms with E-state index in [0.717, 1.165) is 46.7 Å². The number of nitrogens with zero attached hydrogens (tertiary/aromatic N) is 2. The van der Waals surface area contributed by atoms with Crippen molar-refractivity contribution < 1.29 is 4.74 Å². The molecule has 1 fully saturated rings. The van der Waals surface area contributed by atoms with E-state index in [4.69, 9.17) is 4.74 Å². The van der Waals surface area contributed by atoms with E-state index in [1.807, 2.05) is 43.5 Å². The second-order valence-electron chi connectivity index (χ2n) is 6.00. The number of ether oxygens (including phenoxy) is 1. The average Bonchev–Trinajstić information content (AvgIpc) is 3.15. The summed E-state index contributed by atoms with van der Waals surface area (Å²) in [6.07, 6.45) is 7.08. The van der Waals surface area contributed by atoms with Crippen LogP contribution >= 0.6 is 0 Å². The number of H-pyrrole nitrogens is 1. The largest absolute Gasteiger partial charge is 0.490 e. The Morgan fingerprint density at radius 2 is 2.05 bits per heavy atom. The highest BCUT2D eigenvalue weighted by Gasteiger charge is 2.16. The first-order chi connectivity index (χ1) is 10.8. The molecule has 0 aliphatic heterocycles. The molecule has 0 radical (unpaired) electrons. The van der Waals surface area contributed by atoms with Gasteiger partial charge in [0.25, 0.3) is 0 Å². The van der Waals surface area contributed by atoms with Gasteiger partial charge in [-0.05, 0) is 50.8 Å². The Labute approximate surface area is 129 Å². The van der Waals surface area contributed by atoms with Crippen LogP contribution in [0.3, 0.4) is 0 Å². The van der Waals surface area contributed by atoms with Crippen molar-refractivity contribution in [2.24, 2.45) is 0 Å². The molecule has 22 heavy (non-hydrogen) atoms. The number of benzene rings is 1. The molecule has 3 aromatic rings. The molecule has 1 aliphatic carbocycles. The first kappa shape index (κ1) is 13.3. The maximum atomic E-state index is 6.07.